The molecule has 0 radical (unpaired) electrons. The molecule has 5 nitrogen and oxygen atoms in total. The number of nitrogens with zero attached hydrogens (tertiary/aromatic N) is 4. The number of benzene rings is 2. The lowest BCUT2D eigenvalue weighted by atomic mass is 10.1. The summed E-state index contributed by atoms with van der Waals surface area (Å²) in [4.78, 5) is 30.8. The van der Waals surface area contributed by atoms with Gasteiger partial charge < -0.3 is 0 Å². The van der Waals surface area contributed by atoms with Crippen LogP contribution in [0.25, 0.3) is 31.7 Å². The highest BCUT2D eigenvalue weighted by Gasteiger charge is 2.25. The molecule has 0 unspecified atom stereocenters. The van der Waals surface area contributed by atoms with Gasteiger partial charge in [-0.2, -0.15) is 0 Å². The maximum atomic E-state index is 14.3. The Bertz CT molecular complexity index is 1670. The molecule has 0 bridgehead atoms. The number of para-hydroxylation sites is 2. The van der Waals surface area contributed by atoms with Crippen molar-refractivity contribution in [2.24, 2.45) is 0 Å². The van der Waals surface area contributed by atoms with E-state index in [0.717, 1.165) is 31.7 Å². The predicted molar refractivity (Wildman–Crippen MR) is 144 cm³/mol. The molecule has 1 amide bonds. The number of hydrogen-bond acceptors (Lipinski definition) is 6. The molecule has 0 spiro atoms. The molecule has 0 saturated carbocycles. The molecular weight excluding hydrogens is 496 g/mol. The van der Waals surface area contributed by atoms with Gasteiger partial charge in [0.2, 0.25) is 0 Å². The van der Waals surface area contributed by atoms with Gasteiger partial charge in [-0.1, -0.05) is 59.3 Å². The first-order chi connectivity index (χ1) is 17.2. The summed E-state index contributed by atoms with van der Waals surface area (Å²) in [5, 5.41) is 3.95. The number of amides is 1. The summed E-state index contributed by atoms with van der Waals surface area (Å²) >= 11 is 9.45. The molecule has 0 atom stereocenters. The van der Waals surface area contributed by atoms with E-state index in [1.54, 1.807) is 28.6 Å². The highest BCUT2D eigenvalue weighted by molar-refractivity contribution is 7.22. The normalized spacial score (nSPS) is 11.2. The Morgan fingerprint density at radius 2 is 1.89 bits per heavy atom. The monoisotopic (exact) mass is 512 g/mol. The second-order valence-corrected chi connectivity index (χ2v) is 10.2. The molecule has 8 heteroatoms. The van der Waals surface area contributed by atoms with E-state index in [1.807, 2.05) is 78.2 Å². The van der Waals surface area contributed by atoms with Crippen LogP contribution in [0.3, 0.4) is 0 Å². The largest absolute Gasteiger partial charge is 0.279 e. The van der Waals surface area contributed by atoms with E-state index >= 15 is 0 Å². The van der Waals surface area contributed by atoms with Crippen LogP contribution in [0, 0.1) is 0 Å². The summed E-state index contributed by atoms with van der Waals surface area (Å²) in [6.07, 6.45) is 3.49. The first-order valence-corrected chi connectivity index (χ1v) is 12.9. The summed E-state index contributed by atoms with van der Waals surface area (Å²) < 4.78 is 0.926. The Morgan fingerprint density at radius 1 is 0.971 bits per heavy atom. The number of fused-ring (bicyclic) bond motifs is 2. The van der Waals surface area contributed by atoms with E-state index < -0.39 is 0 Å². The van der Waals surface area contributed by atoms with Gasteiger partial charge in [-0.25, -0.2) is 9.97 Å². The fourth-order valence-corrected chi connectivity index (χ4v) is 5.92. The second kappa shape index (κ2) is 9.19. The summed E-state index contributed by atoms with van der Waals surface area (Å²) in [5.74, 6) is -0.152. The van der Waals surface area contributed by atoms with Crippen molar-refractivity contribution in [1.29, 1.82) is 0 Å². The smallest absolute Gasteiger partial charge is 0.261 e. The third-order valence-corrected chi connectivity index (χ3v) is 7.86. The summed E-state index contributed by atoms with van der Waals surface area (Å²) in [6, 6.07) is 23.1. The minimum Gasteiger partial charge on any atom is -0.279 e. The van der Waals surface area contributed by atoms with Crippen LogP contribution in [0.15, 0.2) is 90.6 Å². The molecule has 0 saturated heterocycles. The number of thiazole rings is 1. The van der Waals surface area contributed by atoms with E-state index in [0.29, 0.717) is 27.8 Å². The fourth-order valence-electron chi connectivity index (χ4n) is 3.97. The highest BCUT2D eigenvalue weighted by Crippen LogP contribution is 2.35. The van der Waals surface area contributed by atoms with Crippen LogP contribution in [0.5, 0.6) is 0 Å². The Kier molecular flexibility index (Phi) is 5.74. The van der Waals surface area contributed by atoms with Gasteiger partial charge in [-0.15, -0.1) is 11.3 Å². The van der Waals surface area contributed by atoms with Crippen LogP contribution < -0.4 is 4.90 Å². The van der Waals surface area contributed by atoms with Gasteiger partial charge >= 0.3 is 0 Å². The number of anilines is 1. The van der Waals surface area contributed by atoms with Crippen LogP contribution in [-0.4, -0.2) is 20.9 Å². The molecule has 0 fully saturated rings. The number of thiophene rings is 1. The topological polar surface area (TPSA) is 59.0 Å². The molecule has 0 aliphatic rings. The van der Waals surface area contributed by atoms with Gasteiger partial charge in [0.1, 0.15) is 5.52 Å². The number of carbonyl (C=O) groups is 1. The van der Waals surface area contributed by atoms with Crippen molar-refractivity contribution >= 4 is 66.4 Å². The number of halogens is 1. The van der Waals surface area contributed by atoms with Crippen molar-refractivity contribution < 1.29 is 4.79 Å². The van der Waals surface area contributed by atoms with E-state index in [9.17, 15) is 4.79 Å². The van der Waals surface area contributed by atoms with Gasteiger partial charge in [0.25, 0.3) is 5.91 Å². The van der Waals surface area contributed by atoms with Gasteiger partial charge in [0, 0.05) is 17.8 Å². The van der Waals surface area contributed by atoms with E-state index in [-0.39, 0.29) is 5.91 Å². The molecule has 170 valence electrons. The third-order valence-electron chi connectivity index (χ3n) is 5.62. The fraction of sp³-hybridized carbons (Fsp3) is 0.0370. The molecule has 6 rings (SSSR count). The van der Waals surface area contributed by atoms with Crippen molar-refractivity contribution in [3.63, 3.8) is 0 Å². The molecule has 4 heterocycles. The van der Waals surface area contributed by atoms with Gasteiger partial charge in [-0.05, 0) is 47.3 Å². The number of pyridine rings is 2. The Morgan fingerprint density at radius 3 is 2.69 bits per heavy atom. The minimum atomic E-state index is -0.152. The number of carbonyl (C=O) groups excluding carboxylic acids is 1. The van der Waals surface area contributed by atoms with Crippen molar-refractivity contribution in [2.45, 2.75) is 6.54 Å². The quantitative estimate of drug-likeness (QED) is 0.240. The molecule has 35 heavy (non-hydrogen) atoms. The predicted octanol–water partition coefficient (Wildman–Crippen LogP) is 7.47. The van der Waals surface area contributed by atoms with Gasteiger partial charge in [-0.3, -0.25) is 14.7 Å². The average Bonchev–Trinajstić information content (AvgIpc) is 3.58. The highest BCUT2D eigenvalue weighted by atomic mass is 35.5. The third kappa shape index (κ3) is 4.18. The van der Waals surface area contributed by atoms with Gasteiger partial charge in [0.15, 0.2) is 5.13 Å². The summed E-state index contributed by atoms with van der Waals surface area (Å²) in [6.45, 7) is 0.328. The Labute approximate surface area is 214 Å². The zero-order valence-electron chi connectivity index (χ0n) is 18.3. The van der Waals surface area contributed by atoms with Crippen LogP contribution in [-0.2, 0) is 6.54 Å². The molecular formula is C27H17ClN4OS2. The van der Waals surface area contributed by atoms with E-state index in [1.165, 1.54) is 11.3 Å². The van der Waals surface area contributed by atoms with Crippen molar-refractivity contribution in [3.05, 3.63) is 107 Å². The molecule has 6 aromatic rings. The zero-order chi connectivity index (χ0) is 23.8. The van der Waals surface area contributed by atoms with Crippen LogP contribution in [0.2, 0.25) is 5.02 Å². The Balaban J connectivity index is 1.53. The van der Waals surface area contributed by atoms with E-state index in [4.69, 9.17) is 21.6 Å². The lowest BCUT2D eigenvalue weighted by Crippen LogP contribution is -2.30. The van der Waals surface area contributed by atoms with Crippen LogP contribution >= 0.6 is 34.3 Å². The summed E-state index contributed by atoms with van der Waals surface area (Å²) in [5.41, 5.74) is 3.72. The molecule has 0 aliphatic heterocycles. The molecule has 0 aliphatic carbocycles. The lowest BCUT2D eigenvalue weighted by Gasteiger charge is -2.21. The second-order valence-electron chi connectivity index (χ2n) is 7.89. The number of rotatable bonds is 5. The van der Waals surface area contributed by atoms with Crippen LogP contribution in [0.4, 0.5) is 5.13 Å². The Hall–Kier alpha value is -3.65. The number of hydrogen-bond donors (Lipinski definition) is 0. The summed E-state index contributed by atoms with van der Waals surface area (Å²) in [7, 11) is 0. The molecule has 0 N–H and O–H groups in total. The standard InChI is InChI=1S/C27H17ClN4OS2/c28-20-8-3-10-24-25(20)31-27(35-24)32(16-17-6-4-12-29-15-17)26(33)19-14-22(23-11-5-13-34-23)30-21-9-2-1-7-18(19)21/h1-15H,16H2. The average molecular weight is 513 g/mol. The SMILES string of the molecule is O=C(c1cc(-c2cccs2)nc2ccccc12)N(Cc1cccnc1)c1nc2c(Cl)cccc2s1. The molecule has 4 aromatic heterocycles. The lowest BCUT2D eigenvalue weighted by molar-refractivity contribution is 0.0986. The minimum absolute atomic E-state index is 0.152. The maximum Gasteiger partial charge on any atom is 0.261 e. The van der Waals surface area contributed by atoms with E-state index in [2.05, 4.69) is 4.98 Å². The number of aromatic nitrogens is 3. The van der Waals surface area contributed by atoms with Crippen LogP contribution in [0.1, 0.15) is 15.9 Å². The van der Waals surface area contributed by atoms with Crippen molar-refractivity contribution in [2.75, 3.05) is 4.90 Å². The first-order valence-electron chi connectivity index (χ1n) is 10.9. The molecule has 2 aromatic carbocycles. The first kappa shape index (κ1) is 21.9. The van der Waals surface area contributed by atoms with Crippen molar-refractivity contribution in [3.8, 4) is 10.6 Å². The van der Waals surface area contributed by atoms with Gasteiger partial charge in [0.05, 0.1) is 37.9 Å². The van der Waals surface area contributed by atoms with Crippen molar-refractivity contribution in [1.82, 2.24) is 15.0 Å². The zero-order valence-corrected chi connectivity index (χ0v) is 20.6. The maximum absolute atomic E-state index is 14.3.